The SMILES string of the molecule is O=C1CSC(=O)N1[C@H]1CCN(S(=O)(=O)c2ccc(-c3ccc(F)cc3)cc2)C1. The van der Waals surface area contributed by atoms with Gasteiger partial charge in [-0.15, -0.1) is 0 Å². The monoisotopic (exact) mass is 420 g/mol. The van der Waals surface area contributed by atoms with Crippen molar-refractivity contribution in [2.45, 2.75) is 17.4 Å². The number of carbonyl (C=O) groups excluding carboxylic acids is 2. The number of amides is 2. The molecule has 0 unspecified atom stereocenters. The van der Waals surface area contributed by atoms with Gasteiger partial charge in [-0.25, -0.2) is 12.8 Å². The molecule has 0 spiro atoms. The van der Waals surface area contributed by atoms with Gasteiger partial charge in [0.25, 0.3) is 5.24 Å². The Kier molecular flexibility index (Phi) is 4.98. The Morgan fingerprint density at radius 2 is 1.57 bits per heavy atom. The van der Waals surface area contributed by atoms with Crippen LogP contribution in [0.5, 0.6) is 0 Å². The second-order valence-electron chi connectivity index (χ2n) is 6.66. The molecule has 2 saturated heterocycles. The van der Waals surface area contributed by atoms with Crippen LogP contribution in [-0.4, -0.2) is 53.7 Å². The number of benzene rings is 2. The van der Waals surface area contributed by atoms with Crippen LogP contribution in [-0.2, 0) is 14.8 Å². The molecule has 6 nitrogen and oxygen atoms in total. The fourth-order valence-electron chi connectivity index (χ4n) is 3.47. The van der Waals surface area contributed by atoms with E-state index < -0.39 is 16.1 Å². The second kappa shape index (κ2) is 7.31. The predicted octanol–water partition coefficient (Wildman–Crippen LogP) is 2.95. The van der Waals surface area contributed by atoms with Crippen LogP contribution >= 0.6 is 11.8 Å². The molecule has 2 aromatic rings. The Morgan fingerprint density at radius 1 is 0.964 bits per heavy atom. The summed E-state index contributed by atoms with van der Waals surface area (Å²) >= 11 is 0.952. The summed E-state index contributed by atoms with van der Waals surface area (Å²) < 4.78 is 40.2. The number of halogens is 1. The first-order valence-electron chi connectivity index (χ1n) is 8.71. The molecule has 2 aliphatic rings. The molecule has 4 rings (SSSR count). The van der Waals surface area contributed by atoms with Gasteiger partial charge in [-0.1, -0.05) is 36.0 Å². The summed E-state index contributed by atoms with van der Waals surface area (Å²) in [5.41, 5.74) is 1.57. The highest BCUT2D eigenvalue weighted by atomic mass is 32.2. The van der Waals surface area contributed by atoms with E-state index in [1.54, 1.807) is 24.3 Å². The summed E-state index contributed by atoms with van der Waals surface area (Å²) in [6, 6.07) is 11.9. The van der Waals surface area contributed by atoms with E-state index in [0.29, 0.717) is 6.42 Å². The van der Waals surface area contributed by atoms with E-state index in [4.69, 9.17) is 0 Å². The average molecular weight is 420 g/mol. The highest BCUT2D eigenvalue weighted by molar-refractivity contribution is 8.14. The first-order chi connectivity index (χ1) is 13.4. The summed E-state index contributed by atoms with van der Waals surface area (Å²) in [6.07, 6.45) is 0.435. The van der Waals surface area contributed by atoms with E-state index in [9.17, 15) is 22.4 Å². The van der Waals surface area contributed by atoms with Crippen LogP contribution in [0.2, 0.25) is 0 Å². The van der Waals surface area contributed by atoms with E-state index >= 15 is 0 Å². The Bertz CT molecular complexity index is 1010. The largest absolute Gasteiger partial charge is 0.289 e. The highest BCUT2D eigenvalue weighted by Crippen LogP contribution is 2.30. The standard InChI is InChI=1S/C19H17FN2O4S2/c20-15-5-1-13(2-6-15)14-3-7-17(8-4-14)28(25,26)21-10-9-16(11-21)22-18(23)12-27-19(22)24/h1-8,16H,9-12H2/t16-/m0/s1. The van der Waals surface area contributed by atoms with Gasteiger partial charge in [0.2, 0.25) is 15.9 Å². The molecule has 1 atom stereocenters. The third-order valence-corrected chi connectivity index (χ3v) is 7.66. The summed E-state index contributed by atoms with van der Waals surface area (Å²) in [6.45, 7) is 0.370. The Labute approximate surface area is 166 Å². The van der Waals surface area contributed by atoms with Crippen LogP contribution in [0.15, 0.2) is 53.4 Å². The molecule has 2 fully saturated rings. The van der Waals surface area contributed by atoms with Crippen molar-refractivity contribution < 1.29 is 22.4 Å². The molecule has 2 amide bonds. The number of hydrogen-bond acceptors (Lipinski definition) is 5. The molecule has 0 N–H and O–H groups in total. The van der Waals surface area contributed by atoms with E-state index in [-0.39, 0.29) is 40.7 Å². The molecular formula is C19H17FN2O4S2. The van der Waals surface area contributed by atoms with E-state index in [1.165, 1.54) is 33.5 Å². The molecule has 2 heterocycles. The normalized spacial score (nSPS) is 20.9. The minimum Gasteiger partial charge on any atom is -0.273 e. The maximum Gasteiger partial charge on any atom is 0.289 e. The highest BCUT2D eigenvalue weighted by Gasteiger charge is 2.42. The zero-order valence-electron chi connectivity index (χ0n) is 14.7. The van der Waals surface area contributed by atoms with Crippen LogP contribution in [0.1, 0.15) is 6.42 Å². The maximum atomic E-state index is 13.1. The van der Waals surface area contributed by atoms with E-state index in [2.05, 4.69) is 0 Å². The van der Waals surface area contributed by atoms with Crippen molar-refractivity contribution >= 4 is 32.9 Å². The lowest BCUT2D eigenvalue weighted by atomic mass is 10.1. The van der Waals surface area contributed by atoms with Gasteiger partial charge in [-0.05, 0) is 41.8 Å². The zero-order valence-corrected chi connectivity index (χ0v) is 16.4. The number of nitrogens with zero attached hydrogens (tertiary/aromatic N) is 2. The third kappa shape index (κ3) is 3.45. The second-order valence-corrected chi connectivity index (χ2v) is 9.52. The summed E-state index contributed by atoms with van der Waals surface area (Å²) in [7, 11) is -3.72. The Morgan fingerprint density at radius 3 is 2.14 bits per heavy atom. The smallest absolute Gasteiger partial charge is 0.273 e. The maximum absolute atomic E-state index is 13.1. The predicted molar refractivity (Wildman–Crippen MR) is 104 cm³/mol. The number of rotatable bonds is 4. The van der Waals surface area contributed by atoms with Crippen LogP contribution in [0.25, 0.3) is 11.1 Å². The van der Waals surface area contributed by atoms with Crippen LogP contribution < -0.4 is 0 Å². The van der Waals surface area contributed by atoms with Crippen LogP contribution in [0.3, 0.4) is 0 Å². The lowest BCUT2D eigenvalue weighted by Gasteiger charge is -2.21. The number of hydrogen-bond donors (Lipinski definition) is 0. The van der Waals surface area contributed by atoms with Crippen molar-refractivity contribution in [1.82, 2.24) is 9.21 Å². The Balaban J connectivity index is 1.51. The molecule has 0 aliphatic carbocycles. The molecule has 0 aromatic heterocycles. The van der Waals surface area contributed by atoms with Crippen molar-refractivity contribution in [1.29, 1.82) is 0 Å². The lowest BCUT2D eigenvalue weighted by molar-refractivity contribution is -0.126. The number of imide groups is 1. The van der Waals surface area contributed by atoms with E-state index in [0.717, 1.165) is 22.9 Å². The van der Waals surface area contributed by atoms with Gasteiger partial charge in [0.05, 0.1) is 16.7 Å². The van der Waals surface area contributed by atoms with Gasteiger partial charge in [-0.2, -0.15) is 4.31 Å². The van der Waals surface area contributed by atoms with Crippen molar-refractivity contribution in [3.63, 3.8) is 0 Å². The summed E-state index contributed by atoms with van der Waals surface area (Å²) in [4.78, 5) is 25.1. The zero-order chi connectivity index (χ0) is 19.9. The van der Waals surface area contributed by atoms with Crippen LogP contribution in [0, 0.1) is 5.82 Å². The third-order valence-electron chi connectivity index (χ3n) is 4.95. The number of sulfonamides is 1. The van der Waals surface area contributed by atoms with Gasteiger partial charge in [0.15, 0.2) is 0 Å². The average Bonchev–Trinajstić information content (AvgIpc) is 3.29. The fraction of sp³-hybridized carbons (Fsp3) is 0.263. The molecule has 146 valence electrons. The molecule has 28 heavy (non-hydrogen) atoms. The number of carbonyl (C=O) groups is 2. The van der Waals surface area contributed by atoms with Gasteiger partial charge in [0, 0.05) is 13.1 Å². The molecule has 2 aromatic carbocycles. The van der Waals surface area contributed by atoms with Gasteiger partial charge in [0.1, 0.15) is 5.82 Å². The van der Waals surface area contributed by atoms with Crippen molar-refractivity contribution in [3.05, 3.63) is 54.3 Å². The van der Waals surface area contributed by atoms with Crippen molar-refractivity contribution in [3.8, 4) is 11.1 Å². The fourth-order valence-corrected chi connectivity index (χ4v) is 5.74. The first kappa shape index (κ1) is 19.1. The lowest BCUT2D eigenvalue weighted by Crippen LogP contribution is -2.41. The molecule has 0 saturated carbocycles. The van der Waals surface area contributed by atoms with Crippen molar-refractivity contribution in [2.75, 3.05) is 18.8 Å². The first-order valence-corrected chi connectivity index (χ1v) is 11.1. The van der Waals surface area contributed by atoms with Crippen molar-refractivity contribution in [2.24, 2.45) is 0 Å². The molecule has 2 aliphatic heterocycles. The molecule has 0 radical (unpaired) electrons. The molecule has 0 bridgehead atoms. The number of thioether (sulfide) groups is 1. The minimum absolute atomic E-state index is 0.111. The minimum atomic E-state index is -3.72. The van der Waals surface area contributed by atoms with Gasteiger partial charge >= 0.3 is 0 Å². The topological polar surface area (TPSA) is 74.8 Å². The Hall–Kier alpha value is -2.23. The van der Waals surface area contributed by atoms with Crippen LogP contribution in [0.4, 0.5) is 9.18 Å². The van der Waals surface area contributed by atoms with E-state index in [1.807, 2.05) is 0 Å². The molecule has 9 heteroatoms. The molecular weight excluding hydrogens is 403 g/mol. The van der Waals surface area contributed by atoms with Gasteiger partial charge in [-0.3, -0.25) is 14.5 Å². The quantitative estimate of drug-likeness (QED) is 0.760. The van der Waals surface area contributed by atoms with Gasteiger partial charge < -0.3 is 0 Å². The summed E-state index contributed by atoms with van der Waals surface area (Å²) in [5, 5.41) is -0.308. The summed E-state index contributed by atoms with van der Waals surface area (Å²) in [5.74, 6) is -0.477.